The van der Waals surface area contributed by atoms with Gasteiger partial charge in [0.1, 0.15) is 11.2 Å². The molecule has 0 bridgehead atoms. The molecule has 1 saturated heterocycles. The average Bonchev–Trinajstić information content (AvgIpc) is 2.80. The molecule has 2 aromatic heterocycles. The number of carbonyl (C=O) groups excluding carboxylic acids is 1. The van der Waals surface area contributed by atoms with E-state index in [9.17, 15) is 9.59 Å². The van der Waals surface area contributed by atoms with Crippen molar-refractivity contribution in [2.24, 2.45) is 0 Å². The first-order valence-corrected chi connectivity index (χ1v) is 13.4. The van der Waals surface area contributed by atoms with E-state index in [1.807, 2.05) is 33.1 Å². The lowest BCUT2D eigenvalue weighted by atomic mass is 10.1. The van der Waals surface area contributed by atoms with E-state index in [0.717, 1.165) is 4.47 Å². The number of pyridine rings is 1. The van der Waals surface area contributed by atoms with Crippen LogP contribution in [0, 0.1) is 0 Å². The maximum Gasteiger partial charge on any atom is 0.410 e. The van der Waals surface area contributed by atoms with Crippen LogP contribution >= 0.6 is 39.3 Å². The summed E-state index contributed by atoms with van der Waals surface area (Å²) in [6, 6.07) is 7.16. The number of thioether (sulfide) groups is 1. The van der Waals surface area contributed by atoms with Gasteiger partial charge in [0.2, 0.25) is 0 Å². The zero-order valence-electron chi connectivity index (χ0n) is 19.9. The molecular formula is C24H26BrClN4O4S. The van der Waals surface area contributed by atoms with Crippen LogP contribution < -0.4 is 5.56 Å². The molecule has 3 aromatic rings. The van der Waals surface area contributed by atoms with Gasteiger partial charge in [-0.25, -0.2) is 14.8 Å². The number of hydrogen-bond donors (Lipinski definition) is 0. The van der Waals surface area contributed by atoms with Crippen LogP contribution in [-0.2, 0) is 16.0 Å². The van der Waals surface area contributed by atoms with Crippen molar-refractivity contribution in [3.8, 4) is 11.1 Å². The first-order valence-electron chi connectivity index (χ1n) is 11.1. The zero-order valence-corrected chi connectivity index (χ0v) is 23.0. The average molecular weight is 582 g/mol. The second-order valence-electron chi connectivity index (χ2n) is 9.15. The number of halogens is 2. The van der Waals surface area contributed by atoms with E-state index in [4.69, 9.17) is 21.1 Å². The maximum absolute atomic E-state index is 13.8. The Bertz CT molecular complexity index is 1330. The van der Waals surface area contributed by atoms with Gasteiger partial charge >= 0.3 is 6.09 Å². The summed E-state index contributed by atoms with van der Waals surface area (Å²) in [6.07, 6.45) is 2.77. The molecule has 1 unspecified atom stereocenters. The van der Waals surface area contributed by atoms with Gasteiger partial charge in [-0.1, -0.05) is 45.4 Å². The SMILES string of the molecule is CSc1ncc2cc(-c3ccc(Br)cc3Cl)c(=O)n(CC3CN(C(=O)OC(C)(C)C)CCO3)c2n1. The number of carbonyl (C=O) groups is 1. The highest BCUT2D eigenvalue weighted by Gasteiger charge is 2.29. The van der Waals surface area contributed by atoms with Crippen molar-refractivity contribution in [1.82, 2.24) is 19.4 Å². The fourth-order valence-corrected chi connectivity index (χ4v) is 4.95. The lowest BCUT2D eigenvalue weighted by Gasteiger charge is -2.34. The molecule has 0 saturated carbocycles. The Morgan fingerprint density at radius 1 is 1.31 bits per heavy atom. The number of amides is 1. The maximum atomic E-state index is 13.8. The third-order valence-corrected chi connectivity index (χ3v) is 6.75. The smallest absolute Gasteiger partial charge is 0.410 e. The number of fused-ring (bicyclic) bond motifs is 1. The number of nitrogens with zero attached hydrogens (tertiary/aromatic N) is 4. The molecule has 3 heterocycles. The first kappa shape index (κ1) is 25.9. The summed E-state index contributed by atoms with van der Waals surface area (Å²) in [5.41, 5.74) is 0.719. The van der Waals surface area contributed by atoms with E-state index in [1.54, 1.807) is 33.9 Å². The minimum Gasteiger partial charge on any atom is -0.444 e. The molecule has 8 nitrogen and oxygen atoms in total. The highest BCUT2D eigenvalue weighted by atomic mass is 79.9. The standard InChI is InChI=1S/C24H26BrClN4O4S/c1-24(2,3)34-23(32)29-7-8-33-16(12-29)13-30-20-14(11-27-22(28-20)35-4)9-18(21(30)31)17-6-5-15(25)10-19(17)26/h5-6,9-11,16H,7-8,12-13H2,1-4H3. The lowest BCUT2D eigenvalue weighted by molar-refractivity contribution is -0.0472. The van der Waals surface area contributed by atoms with Gasteiger partial charge in [0.05, 0.1) is 25.8 Å². The van der Waals surface area contributed by atoms with Crippen LogP contribution in [0.5, 0.6) is 0 Å². The van der Waals surface area contributed by atoms with Gasteiger partial charge in [0.15, 0.2) is 5.16 Å². The van der Waals surface area contributed by atoms with Crippen LogP contribution in [0.15, 0.2) is 44.9 Å². The number of ether oxygens (including phenoxy) is 2. The van der Waals surface area contributed by atoms with Gasteiger partial charge in [-0.15, -0.1) is 0 Å². The minimum atomic E-state index is -0.596. The Kier molecular flexibility index (Phi) is 7.75. The minimum absolute atomic E-state index is 0.210. The normalized spacial score (nSPS) is 16.5. The summed E-state index contributed by atoms with van der Waals surface area (Å²) in [7, 11) is 0. The number of benzene rings is 1. The molecule has 35 heavy (non-hydrogen) atoms. The molecule has 1 amide bonds. The van der Waals surface area contributed by atoms with Crippen LogP contribution in [0.4, 0.5) is 4.79 Å². The van der Waals surface area contributed by atoms with Crippen molar-refractivity contribution < 1.29 is 14.3 Å². The Balaban J connectivity index is 1.74. The molecule has 1 aromatic carbocycles. The molecule has 1 atom stereocenters. The monoisotopic (exact) mass is 580 g/mol. The third kappa shape index (κ3) is 5.99. The van der Waals surface area contributed by atoms with Crippen LogP contribution in [-0.4, -0.2) is 63.2 Å². The van der Waals surface area contributed by atoms with Crippen molar-refractivity contribution >= 4 is 56.4 Å². The summed E-state index contributed by atoms with van der Waals surface area (Å²) in [5.74, 6) is 0. The second kappa shape index (κ2) is 10.5. The number of morpholine rings is 1. The molecule has 11 heteroatoms. The lowest BCUT2D eigenvalue weighted by Crippen LogP contribution is -2.49. The zero-order chi connectivity index (χ0) is 25.3. The van der Waals surface area contributed by atoms with E-state index < -0.39 is 17.8 Å². The van der Waals surface area contributed by atoms with Crippen molar-refractivity contribution in [2.75, 3.05) is 26.0 Å². The predicted molar refractivity (Wildman–Crippen MR) is 141 cm³/mol. The van der Waals surface area contributed by atoms with Crippen molar-refractivity contribution in [1.29, 1.82) is 0 Å². The Hall–Kier alpha value is -2.14. The highest BCUT2D eigenvalue weighted by molar-refractivity contribution is 9.10. The van der Waals surface area contributed by atoms with E-state index in [0.29, 0.717) is 52.0 Å². The summed E-state index contributed by atoms with van der Waals surface area (Å²) < 4.78 is 13.9. The summed E-state index contributed by atoms with van der Waals surface area (Å²) in [4.78, 5) is 37.0. The Morgan fingerprint density at radius 2 is 2.09 bits per heavy atom. The fraction of sp³-hybridized carbons (Fsp3) is 0.417. The molecule has 1 aliphatic heterocycles. The first-order chi connectivity index (χ1) is 16.6. The van der Waals surface area contributed by atoms with E-state index >= 15 is 0 Å². The number of hydrogen-bond acceptors (Lipinski definition) is 7. The third-order valence-electron chi connectivity index (χ3n) is 5.39. The van der Waals surface area contributed by atoms with Crippen LogP contribution in [0.25, 0.3) is 22.2 Å². The van der Waals surface area contributed by atoms with E-state index in [1.165, 1.54) is 11.8 Å². The molecule has 186 valence electrons. The van der Waals surface area contributed by atoms with Gasteiger partial charge in [0, 0.05) is 38.8 Å². The van der Waals surface area contributed by atoms with Gasteiger partial charge in [-0.05, 0) is 45.2 Å². The van der Waals surface area contributed by atoms with Gasteiger partial charge in [-0.3, -0.25) is 9.36 Å². The van der Waals surface area contributed by atoms with Crippen molar-refractivity contribution in [2.45, 2.75) is 44.2 Å². The van der Waals surface area contributed by atoms with Gasteiger partial charge in [0.25, 0.3) is 5.56 Å². The topological polar surface area (TPSA) is 86.6 Å². The molecule has 1 aliphatic rings. The highest BCUT2D eigenvalue weighted by Crippen LogP contribution is 2.30. The Labute approximate surface area is 221 Å². The molecule has 1 fully saturated rings. The van der Waals surface area contributed by atoms with Gasteiger partial charge < -0.3 is 14.4 Å². The molecular weight excluding hydrogens is 556 g/mol. The molecule has 0 spiro atoms. The largest absolute Gasteiger partial charge is 0.444 e. The summed E-state index contributed by atoms with van der Waals surface area (Å²) in [5, 5.41) is 1.71. The quantitative estimate of drug-likeness (QED) is 0.308. The van der Waals surface area contributed by atoms with Crippen molar-refractivity contribution in [3.63, 3.8) is 0 Å². The molecule has 0 N–H and O–H groups in total. The molecule has 4 rings (SSSR count). The van der Waals surface area contributed by atoms with E-state index in [2.05, 4.69) is 25.9 Å². The van der Waals surface area contributed by atoms with Crippen LogP contribution in [0.2, 0.25) is 5.02 Å². The fourth-order valence-electron chi connectivity index (χ4n) is 3.84. The summed E-state index contributed by atoms with van der Waals surface area (Å²) in [6.45, 7) is 6.77. The number of aromatic nitrogens is 3. The molecule has 0 aliphatic carbocycles. The molecule has 0 radical (unpaired) electrons. The van der Waals surface area contributed by atoms with Crippen LogP contribution in [0.3, 0.4) is 0 Å². The second-order valence-corrected chi connectivity index (χ2v) is 11.2. The van der Waals surface area contributed by atoms with Gasteiger partial charge in [-0.2, -0.15) is 0 Å². The van der Waals surface area contributed by atoms with Crippen LogP contribution in [0.1, 0.15) is 20.8 Å². The summed E-state index contributed by atoms with van der Waals surface area (Å²) >= 11 is 11.3. The predicted octanol–water partition coefficient (Wildman–Crippen LogP) is 5.23. The van der Waals surface area contributed by atoms with E-state index in [-0.39, 0.29) is 12.1 Å². The number of rotatable bonds is 4. The Morgan fingerprint density at radius 3 is 2.77 bits per heavy atom. The van der Waals surface area contributed by atoms with Crippen molar-refractivity contribution in [3.05, 3.63) is 50.3 Å².